The van der Waals surface area contributed by atoms with E-state index < -0.39 is 37.0 Å². The van der Waals surface area contributed by atoms with Crippen molar-refractivity contribution in [2.45, 2.75) is 43.6 Å². The number of benzene rings is 2. The Bertz CT molecular complexity index is 766. The minimum Gasteiger partial charge on any atom is -0.497 e. The van der Waals surface area contributed by atoms with Crippen LogP contribution in [0.15, 0.2) is 54.6 Å². The second-order valence-corrected chi connectivity index (χ2v) is 7.07. The Morgan fingerprint density at radius 2 is 1.76 bits per heavy atom. The van der Waals surface area contributed by atoms with E-state index in [2.05, 4.69) is 0 Å². The van der Waals surface area contributed by atoms with Crippen LogP contribution in [0.25, 0.3) is 0 Å². The largest absolute Gasteiger partial charge is 0.497 e. The Morgan fingerprint density at radius 3 is 2.45 bits per heavy atom. The number of rotatable bonds is 6. The SMILES string of the molecule is COc1ccc([C@@H]2OC[C@H]3O[C@H](OC)[C@H](O)[C@@H](OCc4ccccc4)[C@@H]3O2)cc1. The molecule has 156 valence electrons. The number of aliphatic hydroxyl groups is 1. The van der Waals surface area contributed by atoms with E-state index in [-0.39, 0.29) is 0 Å². The highest BCUT2D eigenvalue weighted by molar-refractivity contribution is 5.28. The Balaban J connectivity index is 1.50. The van der Waals surface area contributed by atoms with Crippen molar-refractivity contribution in [2.24, 2.45) is 0 Å². The van der Waals surface area contributed by atoms with Crippen molar-refractivity contribution < 1.29 is 33.5 Å². The van der Waals surface area contributed by atoms with Crippen molar-refractivity contribution in [3.63, 3.8) is 0 Å². The van der Waals surface area contributed by atoms with Gasteiger partial charge in [0.1, 0.15) is 30.2 Å². The van der Waals surface area contributed by atoms with Gasteiger partial charge in [0, 0.05) is 12.7 Å². The van der Waals surface area contributed by atoms with Gasteiger partial charge in [-0.15, -0.1) is 0 Å². The molecule has 6 atom stereocenters. The van der Waals surface area contributed by atoms with Crippen molar-refractivity contribution in [2.75, 3.05) is 20.8 Å². The Labute approximate surface area is 170 Å². The van der Waals surface area contributed by atoms with Gasteiger partial charge in [-0.1, -0.05) is 42.5 Å². The van der Waals surface area contributed by atoms with Gasteiger partial charge in [0.15, 0.2) is 12.6 Å². The molecule has 7 nitrogen and oxygen atoms in total. The average Bonchev–Trinajstić information content (AvgIpc) is 2.78. The van der Waals surface area contributed by atoms with Crippen LogP contribution in [0, 0.1) is 0 Å². The van der Waals surface area contributed by atoms with Gasteiger partial charge in [-0.25, -0.2) is 0 Å². The lowest BCUT2D eigenvalue weighted by Crippen LogP contribution is -2.62. The molecule has 0 bridgehead atoms. The van der Waals surface area contributed by atoms with Crippen LogP contribution in [0.4, 0.5) is 0 Å². The summed E-state index contributed by atoms with van der Waals surface area (Å²) in [7, 11) is 3.11. The van der Waals surface area contributed by atoms with E-state index in [9.17, 15) is 5.11 Å². The smallest absolute Gasteiger partial charge is 0.186 e. The molecule has 0 saturated carbocycles. The highest BCUT2D eigenvalue weighted by atomic mass is 16.8. The highest BCUT2D eigenvalue weighted by Crippen LogP contribution is 2.36. The number of aliphatic hydroxyl groups excluding tert-OH is 1. The van der Waals surface area contributed by atoms with Crippen molar-refractivity contribution in [3.8, 4) is 5.75 Å². The Kier molecular flexibility index (Phi) is 6.44. The third-order valence-electron chi connectivity index (χ3n) is 5.21. The lowest BCUT2D eigenvalue weighted by atomic mass is 9.97. The fourth-order valence-corrected chi connectivity index (χ4v) is 3.65. The topological polar surface area (TPSA) is 75.6 Å². The molecule has 2 aromatic rings. The van der Waals surface area contributed by atoms with E-state index >= 15 is 0 Å². The lowest BCUT2D eigenvalue weighted by Gasteiger charge is -2.47. The summed E-state index contributed by atoms with van der Waals surface area (Å²) in [5.41, 5.74) is 1.87. The quantitative estimate of drug-likeness (QED) is 0.795. The second-order valence-electron chi connectivity index (χ2n) is 7.07. The molecule has 0 spiro atoms. The maximum atomic E-state index is 10.8. The van der Waals surface area contributed by atoms with Crippen molar-refractivity contribution in [1.29, 1.82) is 0 Å². The molecule has 0 amide bonds. The van der Waals surface area contributed by atoms with Crippen LogP contribution < -0.4 is 4.74 Å². The zero-order valence-electron chi connectivity index (χ0n) is 16.5. The maximum absolute atomic E-state index is 10.8. The monoisotopic (exact) mass is 402 g/mol. The molecule has 2 aliphatic heterocycles. The van der Waals surface area contributed by atoms with Crippen LogP contribution in [0.2, 0.25) is 0 Å². The summed E-state index contributed by atoms with van der Waals surface area (Å²) in [5, 5.41) is 10.8. The summed E-state index contributed by atoms with van der Waals surface area (Å²) in [6.07, 6.45) is -3.90. The normalized spacial score (nSPS) is 31.8. The van der Waals surface area contributed by atoms with Gasteiger partial charge >= 0.3 is 0 Å². The van der Waals surface area contributed by atoms with E-state index in [1.807, 2.05) is 54.6 Å². The van der Waals surface area contributed by atoms with Crippen LogP contribution in [0.1, 0.15) is 17.4 Å². The third-order valence-corrected chi connectivity index (χ3v) is 5.21. The van der Waals surface area contributed by atoms with E-state index in [0.29, 0.717) is 13.2 Å². The number of methoxy groups -OCH3 is 2. The highest BCUT2D eigenvalue weighted by Gasteiger charge is 2.50. The molecule has 2 heterocycles. The fourth-order valence-electron chi connectivity index (χ4n) is 3.65. The molecule has 0 aliphatic carbocycles. The minimum absolute atomic E-state index is 0.305. The van der Waals surface area contributed by atoms with Gasteiger partial charge in [0.2, 0.25) is 0 Å². The van der Waals surface area contributed by atoms with E-state index in [4.69, 9.17) is 28.4 Å². The first-order valence-electron chi connectivity index (χ1n) is 9.62. The average molecular weight is 402 g/mol. The molecular formula is C22H26O7. The zero-order valence-corrected chi connectivity index (χ0v) is 16.5. The number of hydrogen-bond acceptors (Lipinski definition) is 7. The van der Waals surface area contributed by atoms with Gasteiger partial charge < -0.3 is 33.5 Å². The van der Waals surface area contributed by atoms with Gasteiger partial charge in [-0.2, -0.15) is 0 Å². The summed E-state index contributed by atoms with van der Waals surface area (Å²) >= 11 is 0. The Morgan fingerprint density at radius 1 is 1.00 bits per heavy atom. The van der Waals surface area contributed by atoms with Crippen molar-refractivity contribution in [1.82, 2.24) is 0 Å². The van der Waals surface area contributed by atoms with Crippen molar-refractivity contribution in [3.05, 3.63) is 65.7 Å². The summed E-state index contributed by atoms with van der Waals surface area (Å²) in [6.45, 7) is 0.652. The van der Waals surface area contributed by atoms with Crippen LogP contribution in [0.3, 0.4) is 0 Å². The molecule has 0 unspecified atom stereocenters. The summed E-state index contributed by atoms with van der Waals surface area (Å²) < 4.78 is 34.5. The van der Waals surface area contributed by atoms with Crippen LogP contribution in [-0.4, -0.2) is 56.6 Å². The second kappa shape index (κ2) is 9.21. The predicted octanol–water partition coefficient (Wildman–Crippen LogP) is 2.43. The molecule has 0 radical (unpaired) electrons. The van der Waals surface area contributed by atoms with Gasteiger partial charge in [-0.3, -0.25) is 0 Å². The molecule has 2 aromatic carbocycles. The van der Waals surface area contributed by atoms with Crippen LogP contribution in [-0.2, 0) is 30.3 Å². The van der Waals surface area contributed by atoms with Crippen LogP contribution in [0.5, 0.6) is 5.75 Å². The number of hydrogen-bond donors (Lipinski definition) is 1. The van der Waals surface area contributed by atoms with E-state index in [0.717, 1.165) is 16.9 Å². The Hall–Kier alpha value is -2.00. The predicted molar refractivity (Wildman–Crippen MR) is 103 cm³/mol. The fraction of sp³-hybridized carbons (Fsp3) is 0.455. The third kappa shape index (κ3) is 4.45. The van der Waals surface area contributed by atoms with Gasteiger partial charge in [0.05, 0.1) is 20.3 Å². The summed E-state index contributed by atoms with van der Waals surface area (Å²) in [6, 6.07) is 17.3. The molecule has 2 fully saturated rings. The zero-order chi connectivity index (χ0) is 20.2. The van der Waals surface area contributed by atoms with Crippen molar-refractivity contribution >= 4 is 0 Å². The summed E-state index contributed by atoms with van der Waals surface area (Å²) in [4.78, 5) is 0. The first kappa shape index (κ1) is 20.3. The first-order valence-corrected chi connectivity index (χ1v) is 9.62. The molecule has 29 heavy (non-hydrogen) atoms. The first-order chi connectivity index (χ1) is 14.2. The van der Waals surface area contributed by atoms with Gasteiger partial charge in [-0.05, 0) is 17.7 Å². The van der Waals surface area contributed by atoms with Crippen LogP contribution >= 0.6 is 0 Å². The molecule has 7 heteroatoms. The molecular weight excluding hydrogens is 376 g/mol. The van der Waals surface area contributed by atoms with E-state index in [1.165, 1.54) is 7.11 Å². The molecule has 0 aromatic heterocycles. The minimum atomic E-state index is -0.987. The molecule has 4 rings (SSSR count). The standard InChI is InChI=1S/C22H26O7/c1-24-16-10-8-15(9-11-16)21-27-13-17-19(29-21)20(18(23)22(25-2)28-17)26-12-14-6-4-3-5-7-14/h3-11,17-23H,12-13H2,1-2H3/t17-,18-,19-,20-,21-,22+/m1/s1. The molecule has 1 N–H and O–H groups in total. The molecule has 2 saturated heterocycles. The number of fused-ring (bicyclic) bond motifs is 1. The lowest BCUT2D eigenvalue weighted by molar-refractivity contribution is -0.363. The molecule has 2 aliphatic rings. The number of ether oxygens (including phenoxy) is 6. The van der Waals surface area contributed by atoms with E-state index in [1.54, 1.807) is 7.11 Å². The summed E-state index contributed by atoms with van der Waals surface area (Å²) in [5.74, 6) is 0.755. The van der Waals surface area contributed by atoms with Gasteiger partial charge in [0.25, 0.3) is 0 Å². The maximum Gasteiger partial charge on any atom is 0.186 e.